The lowest BCUT2D eigenvalue weighted by Gasteiger charge is -2.45. The highest BCUT2D eigenvalue weighted by Crippen LogP contribution is 2.38. The Bertz CT molecular complexity index is 875. The van der Waals surface area contributed by atoms with Gasteiger partial charge in [-0.2, -0.15) is 17.5 Å². The Balaban J connectivity index is 2.43. The number of halogens is 4. The highest BCUT2D eigenvalue weighted by atomic mass is 35.5. The van der Waals surface area contributed by atoms with Crippen molar-refractivity contribution in [1.29, 1.82) is 0 Å². The summed E-state index contributed by atoms with van der Waals surface area (Å²) >= 11 is 5.98. The molecule has 1 amide bonds. The van der Waals surface area contributed by atoms with Crippen molar-refractivity contribution in [2.45, 2.75) is 50.9 Å². The molecule has 0 N–H and O–H groups in total. The minimum atomic E-state index is -4.69. The SMILES string of the molecule is C=CCC1CCC(c2ccc(Cl)cc2)N(C(CC)CN(CC(F)(F)F)S(C)(=O)=O)C1=O. The van der Waals surface area contributed by atoms with E-state index < -0.39 is 35.3 Å². The second-order valence-corrected chi connectivity index (χ2v) is 10.3. The van der Waals surface area contributed by atoms with Crippen LogP contribution in [0.2, 0.25) is 5.02 Å². The third kappa shape index (κ3) is 6.95. The molecular formula is C21H28ClF3N2O3S. The van der Waals surface area contributed by atoms with Gasteiger partial charge in [0.05, 0.1) is 12.3 Å². The Morgan fingerprint density at radius 1 is 1.29 bits per heavy atom. The second kappa shape index (κ2) is 10.4. The van der Waals surface area contributed by atoms with Crippen LogP contribution in [0.25, 0.3) is 0 Å². The van der Waals surface area contributed by atoms with Crippen molar-refractivity contribution < 1.29 is 26.4 Å². The van der Waals surface area contributed by atoms with E-state index in [0.717, 1.165) is 11.8 Å². The normalized spacial score (nSPS) is 21.4. The molecule has 0 radical (unpaired) electrons. The first kappa shape index (κ1) is 25.7. The van der Waals surface area contributed by atoms with Gasteiger partial charge in [0, 0.05) is 23.5 Å². The highest BCUT2D eigenvalue weighted by Gasteiger charge is 2.42. The molecule has 174 valence electrons. The van der Waals surface area contributed by atoms with Gasteiger partial charge < -0.3 is 4.90 Å². The van der Waals surface area contributed by atoms with Crippen LogP contribution in [0, 0.1) is 5.92 Å². The molecule has 10 heteroatoms. The molecule has 3 unspecified atom stereocenters. The van der Waals surface area contributed by atoms with Crippen molar-refractivity contribution >= 4 is 27.5 Å². The number of nitrogens with zero attached hydrogens (tertiary/aromatic N) is 2. The van der Waals surface area contributed by atoms with Crippen LogP contribution in [-0.2, 0) is 14.8 Å². The van der Waals surface area contributed by atoms with Crippen LogP contribution in [0.3, 0.4) is 0 Å². The Morgan fingerprint density at radius 3 is 2.39 bits per heavy atom. The van der Waals surface area contributed by atoms with Crippen LogP contribution in [0.4, 0.5) is 13.2 Å². The number of sulfonamides is 1. The number of rotatable bonds is 9. The summed E-state index contributed by atoms with van der Waals surface area (Å²) in [7, 11) is -4.13. The van der Waals surface area contributed by atoms with Crippen LogP contribution >= 0.6 is 11.6 Å². The Morgan fingerprint density at radius 2 is 1.90 bits per heavy atom. The maximum atomic E-state index is 13.3. The first-order valence-electron chi connectivity index (χ1n) is 10.1. The summed E-state index contributed by atoms with van der Waals surface area (Å²) in [5.74, 6) is -0.525. The number of allylic oxidation sites excluding steroid dienone is 1. The van der Waals surface area contributed by atoms with Gasteiger partial charge in [-0.1, -0.05) is 36.7 Å². The Hall–Kier alpha value is -1.58. The lowest BCUT2D eigenvalue weighted by molar-refractivity contribution is -0.148. The minimum absolute atomic E-state index is 0.196. The summed E-state index contributed by atoms with van der Waals surface area (Å²) < 4.78 is 63.7. The first-order valence-corrected chi connectivity index (χ1v) is 12.3. The molecule has 1 aliphatic heterocycles. The summed E-state index contributed by atoms with van der Waals surface area (Å²) in [5.41, 5.74) is 0.815. The molecule has 0 aliphatic carbocycles. The highest BCUT2D eigenvalue weighted by molar-refractivity contribution is 7.88. The fourth-order valence-corrected chi connectivity index (χ4v) is 4.97. The molecule has 1 fully saturated rings. The number of amides is 1. The molecular weight excluding hydrogens is 453 g/mol. The summed E-state index contributed by atoms with van der Waals surface area (Å²) in [5, 5.41) is 0.530. The summed E-state index contributed by atoms with van der Waals surface area (Å²) in [4.78, 5) is 14.9. The monoisotopic (exact) mass is 480 g/mol. The predicted octanol–water partition coefficient (Wildman–Crippen LogP) is 4.80. The fourth-order valence-electron chi connectivity index (χ4n) is 4.02. The molecule has 1 aromatic rings. The van der Waals surface area contributed by atoms with E-state index in [0.29, 0.717) is 35.0 Å². The standard InChI is InChI=1S/C21H28ClF3N2O3S/c1-4-6-16-9-12-19(15-7-10-17(22)11-8-15)27(20(16)28)18(5-2)13-26(31(3,29)30)14-21(23,24)25/h4,7-8,10-11,16,18-19H,1,5-6,9,12-14H2,2-3H3. The van der Waals surface area contributed by atoms with E-state index >= 15 is 0 Å². The van der Waals surface area contributed by atoms with Crippen LogP contribution in [0.1, 0.15) is 44.2 Å². The van der Waals surface area contributed by atoms with E-state index in [2.05, 4.69) is 6.58 Å². The van der Waals surface area contributed by atoms with Crippen LogP contribution < -0.4 is 0 Å². The van der Waals surface area contributed by atoms with Gasteiger partial charge in [0.25, 0.3) is 0 Å². The van der Waals surface area contributed by atoms with Gasteiger partial charge in [0.1, 0.15) is 6.54 Å². The van der Waals surface area contributed by atoms with E-state index in [4.69, 9.17) is 11.6 Å². The van der Waals surface area contributed by atoms with E-state index in [9.17, 15) is 26.4 Å². The minimum Gasteiger partial charge on any atom is -0.331 e. The number of piperidine rings is 1. The Labute approximate surface area is 186 Å². The maximum Gasteiger partial charge on any atom is 0.402 e. The van der Waals surface area contributed by atoms with Gasteiger partial charge in [0.2, 0.25) is 15.9 Å². The second-order valence-electron chi connectivity index (χ2n) is 7.84. The van der Waals surface area contributed by atoms with Crippen LogP contribution in [0.5, 0.6) is 0 Å². The van der Waals surface area contributed by atoms with Crippen molar-refractivity contribution in [1.82, 2.24) is 9.21 Å². The number of alkyl halides is 3. The molecule has 2 rings (SSSR count). The third-order valence-corrected chi connectivity index (χ3v) is 7.01. The lowest BCUT2D eigenvalue weighted by Crippen LogP contribution is -2.54. The summed E-state index contributed by atoms with van der Waals surface area (Å²) in [6, 6.07) is 5.89. The average molecular weight is 481 g/mol. The van der Waals surface area contributed by atoms with Crippen molar-refractivity contribution in [2.24, 2.45) is 5.92 Å². The van der Waals surface area contributed by atoms with Crippen molar-refractivity contribution in [3.05, 3.63) is 47.5 Å². The number of likely N-dealkylation sites (tertiary alicyclic amines) is 1. The van der Waals surface area contributed by atoms with Gasteiger partial charge in [-0.25, -0.2) is 8.42 Å². The molecule has 1 saturated heterocycles. The fraction of sp³-hybridized carbons (Fsp3) is 0.571. The molecule has 5 nitrogen and oxygen atoms in total. The lowest BCUT2D eigenvalue weighted by atomic mass is 9.85. The first-order chi connectivity index (χ1) is 14.4. The van der Waals surface area contributed by atoms with Crippen molar-refractivity contribution in [3.8, 4) is 0 Å². The maximum absolute atomic E-state index is 13.3. The van der Waals surface area contributed by atoms with E-state index in [1.807, 2.05) is 0 Å². The number of benzene rings is 1. The number of carbonyl (C=O) groups is 1. The number of hydrogen-bond acceptors (Lipinski definition) is 3. The smallest absolute Gasteiger partial charge is 0.331 e. The van der Waals surface area contributed by atoms with Gasteiger partial charge >= 0.3 is 6.18 Å². The number of carbonyl (C=O) groups excluding carboxylic acids is 1. The average Bonchev–Trinajstić information content (AvgIpc) is 2.66. The number of hydrogen-bond donors (Lipinski definition) is 0. The molecule has 1 heterocycles. The summed E-state index contributed by atoms with van der Waals surface area (Å²) in [6.07, 6.45) is -0.298. The van der Waals surface area contributed by atoms with Gasteiger partial charge in [-0.05, 0) is 43.4 Å². The van der Waals surface area contributed by atoms with Gasteiger partial charge in [-0.3, -0.25) is 4.79 Å². The predicted molar refractivity (Wildman–Crippen MR) is 115 cm³/mol. The zero-order valence-electron chi connectivity index (χ0n) is 17.6. The van der Waals surface area contributed by atoms with Crippen molar-refractivity contribution in [3.63, 3.8) is 0 Å². The zero-order chi connectivity index (χ0) is 23.4. The molecule has 0 aromatic heterocycles. The molecule has 31 heavy (non-hydrogen) atoms. The van der Waals surface area contributed by atoms with E-state index in [1.165, 1.54) is 0 Å². The molecule has 0 spiro atoms. The van der Waals surface area contributed by atoms with Crippen LogP contribution in [-0.4, -0.2) is 55.1 Å². The van der Waals surface area contributed by atoms with Crippen molar-refractivity contribution in [2.75, 3.05) is 19.3 Å². The Kier molecular flexibility index (Phi) is 8.58. The molecule has 0 bridgehead atoms. The van der Waals surface area contributed by atoms with Gasteiger partial charge in [0.15, 0.2) is 0 Å². The largest absolute Gasteiger partial charge is 0.402 e. The molecule has 1 aromatic carbocycles. The quantitative estimate of drug-likeness (QED) is 0.477. The van der Waals surface area contributed by atoms with E-state index in [1.54, 1.807) is 42.2 Å². The zero-order valence-corrected chi connectivity index (χ0v) is 19.2. The van der Waals surface area contributed by atoms with Crippen LogP contribution in [0.15, 0.2) is 36.9 Å². The van der Waals surface area contributed by atoms with E-state index in [-0.39, 0.29) is 17.9 Å². The summed E-state index contributed by atoms with van der Waals surface area (Å²) in [6.45, 7) is 3.41. The van der Waals surface area contributed by atoms with Gasteiger partial charge in [-0.15, -0.1) is 6.58 Å². The molecule has 0 saturated carbocycles. The topological polar surface area (TPSA) is 57.7 Å². The molecule has 1 aliphatic rings. The molecule has 3 atom stereocenters. The third-order valence-electron chi connectivity index (χ3n) is 5.54.